The van der Waals surface area contributed by atoms with Gasteiger partial charge in [0.2, 0.25) is 5.91 Å². The van der Waals surface area contributed by atoms with Gasteiger partial charge in [0.05, 0.1) is 12.2 Å². The Morgan fingerprint density at radius 2 is 2.13 bits per heavy atom. The molecule has 4 rings (SSSR count). The molecule has 0 spiro atoms. The highest BCUT2D eigenvalue weighted by Crippen LogP contribution is 2.29. The molecule has 1 saturated heterocycles. The molecular formula is C22H26N6OS. The summed E-state index contributed by atoms with van der Waals surface area (Å²) < 4.78 is 0. The standard InChI is InChI=1S/C22H26N6OS/c1-15-10-18(26-22-25-16(2)14-30-22)11-19(24-15)17-6-5-9-28(12-17)13-21(29)27-20-7-3-4-8-23-20/h3-4,7-8,10-11,14,17H,5-6,9,12-13H2,1-2H3,(H,23,27,29)(H,24,25,26). The van der Waals surface area contributed by atoms with E-state index in [1.54, 1.807) is 23.6 Å². The molecule has 3 aromatic heterocycles. The molecule has 1 aliphatic rings. The van der Waals surface area contributed by atoms with Gasteiger partial charge in [0.1, 0.15) is 5.82 Å². The SMILES string of the molecule is Cc1cc(Nc2nc(C)cs2)cc(C2CCCN(CC(=O)Nc3ccccn3)C2)n1. The van der Waals surface area contributed by atoms with Gasteiger partial charge in [-0.3, -0.25) is 14.7 Å². The van der Waals surface area contributed by atoms with Crippen molar-refractivity contribution in [2.24, 2.45) is 0 Å². The number of amides is 1. The number of thiazole rings is 1. The van der Waals surface area contributed by atoms with Crippen molar-refractivity contribution in [1.29, 1.82) is 0 Å². The molecule has 3 aromatic rings. The lowest BCUT2D eigenvalue weighted by Crippen LogP contribution is -2.40. The Morgan fingerprint density at radius 1 is 1.23 bits per heavy atom. The van der Waals surface area contributed by atoms with E-state index in [-0.39, 0.29) is 5.91 Å². The first kappa shape index (κ1) is 20.4. The minimum absolute atomic E-state index is 0.0342. The van der Waals surface area contributed by atoms with Gasteiger partial charge in [-0.15, -0.1) is 11.3 Å². The zero-order valence-electron chi connectivity index (χ0n) is 17.3. The van der Waals surface area contributed by atoms with E-state index >= 15 is 0 Å². The van der Waals surface area contributed by atoms with Crippen LogP contribution in [0.3, 0.4) is 0 Å². The monoisotopic (exact) mass is 422 g/mol. The predicted octanol–water partition coefficient (Wildman–Crippen LogP) is 4.11. The Bertz CT molecular complexity index is 1010. The number of anilines is 3. The number of hydrogen-bond acceptors (Lipinski definition) is 7. The lowest BCUT2D eigenvalue weighted by molar-refractivity contribution is -0.117. The van der Waals surface area contributed by atoms with Crippen LogP contribution in [-0.2, 0) is 4.79 Å². The molecule has 1 fully saturated rings. The molecule has 2 N–H and O–H groups in total. The van der Waals surface area contributed by atoms with Crippen LogP contribution in [0, 0.1) is 13.8 Å². The fourth-order valence-electron chi connectivity index (χ4n) is 3.77. The third kappa shape index (κ3) is 5.40. The van der Waals surface area contributed by atoms with Crippen LogP contribution in [0.5, 0.6) is 0 Å². The van der Waals surface area contributed by atoms with Crippen LogP contribution in [0.1, 0.15) is 35.8 Å². The zero-order valence-corrected chi connectivity index (χ0v) is 18.1. The molecular weight excluding hydrogens is 396 g/mol. The first-order chi connectivity index (χ1) is 14.5. The number of nitrogens with zero attached hydrogens (tertiary/aromatic N) is 4. The third-order valence-electron chi connectivity index (χ3n) is 5.07. The number of aromatic nitrogens is 3. The minimum Gasteiger partial charge on any atom is -0.331 e. The quantitative estimate of drug-likeness (QED) is 0.622. The van der Waals surface area contributed by atoms with Crippen LogP contribution in [-0.4, -0.2) is 45.4 Å². The first-order valence-electron chi connectivity index (χ1n) is 10.2. The highest BCUT2D eigenvalue weighted by atomic mass is 32.1. The van der Waals surface area contributed by atoms with Gasteiger partial charge in [-0.2, -0.15) is 0 Å². The number of hydrogen-bond donors (Lipinski definition) is 2. The van der Waals surface area contributed by atoms with E-state index < -0.39 is 0 Å². The molecule has 7 nitrogen and oxygen atoms in total. The van der Waals surface area contributed by atoms with E-state index in [1.165, 1.54) is 0 Å². The maximum Gasteiger partial charge on any atom is 0.239 e. The summed E-state index contributed by atoms with van der Waals surface area (Å²) in [5.41, 5.74) is 4.08. The van der Waals surface area contributed by atoms with E-state index in [0.29, 0.717) is 18.3 Å². The van der Waals surface area contributed by atoms with Gasteiger partial charge in [-0.05, 0) is 57.5 Å². The van der Waals surface area contributed by atoms with E-state index in [4.69, 9.17) is 4.98 Å². The van der Waals surface area contributed by atoms with Crippen LogP contribution in [0.4, 0.5) is 16.6 Å². The molecule has 0 bridgehead atoms. The fourth-order valence-corrected chi connectivity index (χ4v) is 4.48. The van der Waals surface area contributed by atoms with Crippen molar-refractivity contribution in [1.82, 2.24) is 19.9 Å². The minimum atomic E-state index is -0.0342. The number of aryl methyl sites for hydroxylation is 2. The Kier molecular flexibility index (Phi) is 6.35. The second-order valence-electron chi connectivity index (χ2n) is 7.68. The smallest absolute Gasteiger partial charge is 0.239 e. The highest BCUT2D eigenvalue weighted by Gasteiger charge is 2.24. The van der Waals surface area contributed by atoms with Crippen LogP contribution in [0.2, 0.25) is 0 Å². The second kappa shape index (κ2) is 9.32. The number of pyridine rings is 2. The van der Waals surface area contributed by atoms with Crippen molar-refractivity contribution >= 4 is 33.9 Å². The van der Waals surface area contributed by atoms with Crippen molar-refractivity contribution in [3.63, 3.8) is 0 Å². The lowest BCUT2D eigenvalue weighted by Gasteiger charge is -2.32. The topological polar surface area (TPSA) is 83.0 Å². The van der Waals surface area contributed by atoms with E-state index in [2.05, 4.69) is 31.6 Å². The van der Waals surface area contributed by atoms with Gasteiger partial charge < -0.3 is 10.6 Å². The van der Waals surface area contributed by atoms with Gasteiger partial charge in [-0.25, -0.2) is 9.97 Å². The average Bonchev–Trinajstić information content (AvgIpc) is 3.13. The van der Waals surface area contributed by atoms with Gasteiger partial charge in [0.15, 0.2) is 5.13 Å². The van der Waals surface area contributed by atoms with E-state index in [1.807, 2.05) is 37.4 Å². The number of carbonyl (C=O) groups is 1. The largest absolute Gasteiger partial charge is 0.331 e. The summed E-state index contributed by atoms with van der Waals surface area (Å²) in [6, 6.07) is 9.65. The molecule has 1 amide bonds. The summed E-state index contributed by atoms with van der Waals surface area (Å²) in [5, 5.41) is 9.19. The summed E-state index contributed by atoms with van der Waals surface area (Å²) in [4.78, 5) is 28.1. The Balaban J connectivity index is 1.40. The summed E-state index contributed by atoms with van der Waals surface area (Å²) in [6.45, 7) is 6.11. The predicted molar refractivity (Wildman–Crippen MR) is 120 cm³/mol. The Hall–Kier alpha value is -2.84. The van der Waals surface area contributed by atoms with Crippen molar-refractivity contribution in [2.45, 2.75) is 32.6 Å². The van der Waals surface area contributed by atoms with Crippen LogP contribution >= 0.6 is 11.3 Å². The van der Waals surface area contributed by atoms with Gasteiger partial charge in [-0.1, -0.05) is 6.07 Å². The summed E-state index contributed by atoms with van der Waals surface area (Å²) in [7, 11) is 0. The number of piperidine rings is 1. The molecule has 0 radical (unpaired) electrons. The van der Waals surface area contributed by atoms with Crippen molar-refractivity contribution in [3.8, 4) is 0 Å². The second-order valence-corrected chi connectivity index (χ2v) is 8.54. The number of carbonyl (C=O) groups excluding carboxylic acids is 1. The third-order valence-corrected chi connectivity index (χ3v) is 5.94. The molecule has 4 heterocycles. The Labute approximate surface area is 180 Å². The van der Waals surface area contributed by atoms with Gasteiger partial charge >= 0.3 is 0 Å². The van der Waals surface area contributed by atoms with Crippen LogP contribution in [0.15, 0.2) is 41.9 Å². The lowest BCUT2D eigenvalue weighted by atomic mass is 9.93. The zero-order chi connectivity index (χ0) is 20.9. The maximum atomic E-state index is 12.4. The Morgan fingerprint density at radius 3 is 2.90 bits per heavy atom. The number of likely N-dealkylation sites (tertiary alicyclic amines) is 1. The molecule has 0 saturated carbocycles. The fraction of sp³-hybridized carbons (Fsp3) is 0.364. The molecule has 156 valence electrons. The molecule has 1 aliphatic heterocycles. The van der Waals surface area contributed by atoms with E-state index in [0.717, 1.165) is 53.8 Å². The number of rotatable bonds is 6. The molecule has 30 heavy (non-hydrogen) atoms. The summed E-state index contributed by atoms with van der Waals surface area (Å²) in [6.07, 6.45) is 3.80. The highest BCUT2D eigenvalue weighted by molar-refractivity contribution is 7.13. The van der Waals surface area contributed by atoms with Crippen LogP contribution < -0.4 is 10.6 Å². The average molecular weight is 423 g/mol. The molecule has 1 atom stereocenters. The van der Waals surface area contributed by atoms with Crippen molar-refractivity contribution in [3.05, 3.63) is 59.0 Å². The first-order valence-corrected chi connectivity index (χ1v) is 11.0. The van der Waals surface area contributed by atoms with Gasteiger partial charge in [0, 0.05) is 41.1 Å². The molecule has 0 aromatic carbocycles. The molecule has 8 heteroatoms. The maximum absolute atomic E-state index is 12.4. The molecule has 0 aliphatic carbocycles. The molecule has 1 unspecified atom stereocenters. The summed E-state index contributed by atoms with van der Waals surface area (Å²) in [5.74, 6) is 0.859. The van der Waals surface area contributed by atoms with Gasteiger partial charge in [0.25, 0.3) is 0 Å². The van der Waals surface area contributed by atoms with Crippen molar-refractivity contribution < 1.29 is 4.79 Å². The summed E-state index contributed by atoms with van der Waals surface area (Å²) >= 11 is 1.60. The van der Waals surface area contributed by atoms with Crippen LogP contribution in [0.25, 0.3) is 0 Å². The van der Waals surface area contributed by atoms with Crippen molar-refractivity contribution in [2.75, 3.05) is 30.3 Å². The number of nitrogens with one attached hydrogen (secondary N) is 2. The normalized spacial score (nSPS) is 16.9. The van der Waals surface area contributed by atoms with E-state index in [9.17, 15) is 4.79 Å².